The Labute approximate surface area is 146 Å². The minimum atomic E-state index is -0.627. The number of esters is 1. The number of rotatable bonds is 3. The second-order valence-corrected chi connectivity index (χ2v) is 5.76. The summed E-state index contributed by atoms with van der Waals surface area (Å²) in [6.45, 7) is 3.74. The second-order valence-electron chi connectivity index (χ2n) is 5.76. The van der Waals surface area contributed by atoms with Crippen LogP contribution < -0.4 is 4.90 Å². The topological polar surface area (TPSA) is 59.5 Å². The lowest BCUT2D eigenvalue weighted by molar-refractivity contribution is -0.137. The molecule has 0 saturated carbocycles. The Morgan fingerprint density at radius 3 is 2.32 bits per heavy atom. The molecule has 5 nitrogen and oxygen atoms in total. The van der Waals surface area contributed by atoms with E-state index in [2.05, 4.69) is 4.98 Å². The van der Waals surface area contributed by atoms with E-state index in [9.17, 15) is 9.59 Å². The van der Waals surface area contributed by atoms with Crippen molar-refractivity contribution in [2.24, 2.45) is 0 Å². The second kappa shape index (κ2) is 6.73. The largest absolute Gasteiger partial charge is 0.465 e. The lowest BCUT2D eigenvalue weighted by atomic mass is 10.1. The van der Waals surface area contributed by atoms with Gasteiger partial charge in [-0.3, -0.25) is 9.78 Å². The van der Waals surface area contributed by atoms with Crippen molar-refractivity contribution in [3.8, 4) is 0 Å². The van der Waals surface area contributed by atoms with E-state index in [1.165, 1.54) is 7.11 Å². The Kier molecular flexibility index (Phi) is 4.48. The summed E-state index contributed by atoms with van der Waals surface area (Å²) in [7, 11) is 1.27. The van der Waals surface area contributed by atoms with E-state index >= 15 is 0 Å². The van der Waals surface area contributed by atoms with Crippen LogP contribution in [0, 0.1) is 6.92 Å². The Bertz CT molecular complexity index is 881. The molecule has 3 rings (SSSR count). The van der Waals surface area contributed by atoms with E-state index in [0.29, 0.717) is 11.4 Å². The van der Waals surface area contributed by atoms with Gasteiger partial charge in [0.1, 0.15) is 5.57 Å². The summed E-state index contributed by atoms with van der Waals surface area (Å²) < 4.78 is 4.80. The Morgan fingerprint density at radius 1 is 1.08 bits per heavy atom. The van der Waals surface area contributed by atoms with Gasteiger partial charge in [-0.05, 0) is 49.8 Å². The highest BCUT2D eigenvalue weighted by molar-refractivity contribution is 6.30. The van der Waals surface area contributed by atoms with Gasteiger partial charge in [0.25, 0.3) is 0 Å². The summed E-state index contributed by atoms with van der Waals surface area (Å²) in [5.74, 6) is -0.973. The van der Waals surface area contributed by atoms with Gasteiger partial charge < -0.3 is 9.64 Å². The smallest absolute Gasteiger partial charge is 0.343 e. The van der Waals surface area contributed by atoms with Crippen LogP contribution in [0.15, 0.2) is 65.8 Å². The standard InChI is InChI=1S/C20H18N2O3/c1-13-4-6-16(7-5-13)22-14(2)18(20(24)25-3)19(23)17(22)12-15-8-10-21-11-9-15/h4-12H,1-3H3/b17-12+. The lowest BCUT2D eigenvalue weighted by Crippen LogP contribution is -2.18. The number of methoxy groups -OCH3 is 1. The van der Waals surface area contributed by atoms with E-state index in [1.807, 2.05) is 31.2 Å². The molecule has 0 N–H and O–H groups in total. The van der Waals surface area contributed by atoms with E-state index in [0.717, 1.165) is 16.8 Å². The number of aryl methyl sites for hydroxylation is 1. The van der Waals surface area contributed by atoms with Gasteiger partial charge in [-0.1, -0.05) is 17.7 Å². The quantitative estimate of drug-likeness (QED) is 0.490. The van der Waals surface area contributed by atoms with Crippen LogP contribution in [0.5, 0.6) is 0 Å². The van der Waals surface area contributed by atoms with Crippen LogP contribution in [-0.4, -0.2) is 23.8 Å². The third-order valence-electron chi connectivity index (χ3n) is 4.09. The molecule has 1 aromatic carbocycles. The molecule has 0 saturated heterocycles. The number of Topliss-reactive ketones (excluding diaryl/α,β-unsaturated/α-hetero) is 1. The van der Waals surface area contributed by atoms with Crippen molar-refractivity contribution in [1.29, 1.82) is 0 Å². The Balaban J connectivity index is 2.15. The average Bonchev–Trinajstić information content (AvgIpc) is 2.86. The molecule has 126 valence electrons. The van der Waals surface area contributed by atoms with Gasteiger partial charge in [0, 0.05) is 23.8 Å². The van der Waals surface area contributed by atoms with Crippen molar-refractivity contribution in [2.45, 2.75) is 13.8 Å². The van der Waals surface area contributed by atoms with Crippen LogP contribution >= 0.6 is 0 Å². The summed E-state index contributed by atoms with van der Waals surface area (Å²) in [5.41, 5.74) is 3.78. The van der Waals surface area contributed by atoms with Crippen LogP contribution in [0.1, 0.15) is 18.1 Å². The van der Waals surface area contributed by atoms with E-state index in [-0.39, 0.29) is 11.4 Å². The number of pyridine rings is 1. The van der Waals surface area contributed by atoms with Crippen molar-refractivity contribution in [3.05, 3.63) is 76.9 Å². The van der Waals surface area contributed by atoms with Gasteiger partial charge in [-0.15, -0.1) is 0 Å². The van der Waals surface area contributed by atoms with Crippen molar-refractivity contribution >= 4 is 23.5 Å². The normalized spacial score (nSPS) is 15.9. The van der Waals surface area contributed by atoms with Gasteiger partial charge in [0.2, 0.25) is 5.78 Å². The van der Waals surface area contributed by atoms with Gasteiger partial charge in [0.15, 0.2) is 0 Å². The van der Waals surface area contributed by atoms with Crippen molar-refractivity contribution in [1.82, 2.24) is 4.98 Å². The number of benzene rings is 1. The summed E-state index contributed by atoms with van der Waals surface area (Å²) in [6, 6.07) is 11.4. The zero-order valence-corrected chi connectivity index (χ0v) is 14.3. The molecule has 1 aliphatic rings. The molecule has 1 aromatic heterocycles. The van der Waals surface area contributed by atoms with Gasteiger partial charge >= 0.3 is 5.97 Å². The average molecular weight is 334 g/mol. The number of nitrogens with zero attached hydrogens (tertiary/aromatic N) is 2. The Hall–Kier alpha value is -3.21. The first kappa shape index (κ1) is 16.6. The van der Waals surface area contributed by atoms with Gasteiger partial charge in [-0.2, -0.15) is 0 Å². The molecule has 0 amide bonds. The van der Waals surface area contributed by atoms with E-state index < -0.39 is 5.97 Å². The monoisotopic (exact) mass is 334 g/mol. The lowest BCUT2D eigenvalue weighted by Gasteiger charge is -2.21. The molecule has 2 heterocycles. The number of anilines is 1. The summed E-state index contributed by atoms with van der Waals surface area (Å²) in [5, 5.41) is 0. The first-order valence-corrected chi connectivity index (χ1v) is 7.85. The number of allylic oxidation sites excluding steroid dienone is 2. The fourth-order valence-electron chi connectivity index (χ4n) is 2.80. The number of carbonyl (C=O) groups excluding carboxylic acids is 2. The maximum Gasteiger partial charge on any atom is 0.343 e. The van der Waals surface area contributed by atoms with E-state index in [4.69, 9.17) is 4.74 Å². The summed E-state index contributed by atoms with van der Waals surface area (Å²) >= 11 is 0. The summed E-state index contributed by atoms with van der Waals surface area (Å²) in [4.78, 5) is 30.8. The fourth-order valence-corrected chi connectivity index (χ4v) is 2.80. The SMILES string of the molecule is COC(=O)C1=C(C)N(c2ccc(C)cc2)/C(=C/c2ccncc2)C1=O. The molecule has 2 aromatic rings. The van der Waals surface area contributed by atoms with Gasteiger partial charge in [-0.25, -0.2) is 4.79 Å². The highest BCUT2D eigenvalue weighted by Crippen LogP contribution is 2.35. The highest BCUT2D eigenvalue weighted by atomic mass is 16.5. The molecule has 5 heteroatoms. The number of aromatic nitrogens is 1. The number of hydrogen-bond donors (Lipinski definition) is 0. The van der Waals surface area contributed by atoms with Crippen LogP contribution in [-0.2, 0) is 14.3 Å². The summed E-state index contributed by atoms with van der Waals surface area (Å²) in [6.07, 6.45) is 5.07. The number of ketones is 1. The zero-order chi connectivity index (χ0) is 18.0. The molecule has 0 atom stereocenters. The number of hydrogen-bond acceptors (Lipinski definition) is 5. The first-order valence-electron chi connectivity index (χ1n) is 7.85. The van der Waals surface area contributed by atoms with Crippen molar-refractivity contribution < 1.29 is 14.3 Å². The molecular formula is C20H18N2O3. The predicted octanol–water partition coefficient (Wildman–Crippen LogP) is 3.27. The molecule has 0 fully saturated rings. The van der Waals surface area contributed by atoms with Crippen LogP contribution in [0.2, 0.25) is 0 Å². The maximum absolute atomic E-state index is 12.9. The van der Waals surface area contributed by atoms with Gasteiger partial charge in [0.05, 0.1) is 12.8 Å². The maximum atomic E-state index is 12.9. The van der Waals surface area contributed by atoms with Crippen molar-refractivity contribution in [3.63, 3.8) is 0 Å². The molecule has 25 heavy (non-hydrogen) atoms. The predicted molar refractivity (Wildman–Crippen MR) is 95.6 cm³/mol. The molecule has 0 radical (unpaired) electrons. The van der Waals surface area contributed by atoms with Crippen LogP contribution in [0.3, 0.4) is 0 Å². The highest BCUT2D eigenvalue weighted by Gasteiger charge is 2.38. The molecule has 0 aliphatic carbocycles. The molecule has 0 spiro atoms. The third kappa shape index (κ3) is 3.08. The zero-order valence-electron chi connectivity index (χ0n) is 14.3. The third-order valence-corrected chi connectivity index (χ3v) is 4.09. The number of ether oxygens (including phenoxy) is 1. The van der Waals surface area contributed by atoms with Crippen molar-refractivity contribution in [2.75, 3.05) is 12.0 Å². The molecule has 1 aliphatic heterocycles. The van der Waals surface area contributed by atoms with Crippen LogP contribution in [0.4, 0.5) is 5.69 Å². The molecule has 0 unspecified atom stereocenters. The molecular weight excluding hydrogens is 316 g/mol. The first-order chi connectivity index (χ1) is 12.0. The number of carbonyl (C=O) groups is 2. The minimum absolute atomic E-state index is 0.0587. The van der Waals surface area contributed by atoms with E-state index in [1.54, 1.807) is 42.4 Å². The van der Waals surface area contributed by atoms with Crippen LogP contribution in [0.25, 0.3) is 6.08 Å². The molecule has 0 bridgehead atoms. The fraction of sp³-hybridized carbons (Fsp3) is 0.150. The minimum Gasteiger partial charge on any atom is -0.465 e. The Morgan fingerprint density at radius 2 is 1.72 bits per heavy atom.